The van der Waals surface area contributed by atoms with E-state index in [0.717, 1.165) is 12.8 Å². The lowest BCUT2D eigenvalue weighted by atomic mass is 9.99. The van der Waals surface area contributed by atoms with Crippen molar-refractivity contribution in [2.24, 2.45) is 0 Å². The van der Waals surface area contributed by atoms with Crippen molar-refractivity contribution < 1.29 is 0 Å². The summed E-state index contributed by atoms with van der Waals surface area (Å²) in [6.07, 6.45) is 11.3. The Hall–Kier alpha value is -1.82. The number of allylic oxidation sites excluding steroid dienone is 1. The van der Waals surface area contributed by atoms with Crippen molar-refractivity contribution in [1.29, 1.82) is 0 Å². The fourth-order valence-electron chi connectivity index (χ4n) is 2.92. The number of hydrogen-bond donors (Lipinski definition) is 0. The fraction of sp³-hybridized carbons (Fsp3) is 0.125. The summed E-state index contributed by atoms with van der Waals surface area (Å²) in [6, 6.07) is 9.08. The van der Waals surface area contributed by atoms with Crippen LogP contribution in [0, 0.1) is 0 Å². The first-order chi connectivity index (χ1) is 7.93. The Balaban J connectivity index is 2.27. The van der Waals surface area contributed by atoms with Crippen molar-refractivity contribution in [3.63, 3.8) is 0 Å². The van der Waals surface area contributed by atoms with Crippen molar-refractivity contribution in [2.45, 2.75) is 12.8 Å². The molecule has 4 rings (SSSR count). The van der Waals surface area contributed by atoms with Gasteiger partial charge in [0.05, 0.1) is 0 Å². The third kappa shape index (κ3) is 0.943. The Bertz CT molecular complexity index is 746. The minimum atomic E-state index is 1.09. The molecule has 0 aromatic heterocycles. The Morgan fingerprint density at radius 1 is 0.875 bits per heavy atom. The van der Waals surface area contributed by atoms with Gasteiger partial charge in [0.15, 0.2) is 0 Å². The summed E-state index contributed by atoms with van der Waals surface area (Å²) in [6.45, 7) is 0. The molecule has 0 spiro atoms. The van der Waals surface area contributed by atoms with E-state index in [0.29, 0.717) is 0 Å². The molecule has 0 saturated carbocycles. The summed E-state index contributed by atoms with van der Waals surface area (Å²) < 4.78 is 0. The molecule has 0 amide bonds. The smallest absolute Gasteiger partial charge is 0.00820 e. The zero-order valence-corrected chi connectivity index (χ0v) is 9.03. The molecule has 0 fully saturated rings. The van der Waals surface area contributed by atoms with Crippen molar-refractivity contribution in [1.82, 2.24) is 0 Å². The second kappa shape index (κ2) is 2.85. The SMILES string of the molecule is C1=Cc2ccc3c4c(ccc3c2C1)=CCC=4. The molecule has 76 valence electrons. The van der Waals surface area contributed by atoms with Gasteiger partial charge in [-0.15, -0.1) is 0 Å². The second-order valence-corrected chi connectivity index (χ2v) is 4.55. The van der Waals surface area contributed by atoms with Gasteiger partial charge >= 0.3 is 0 Å². The van der Waals surface area contributed by atoms with Gasteiger partial charge in [-0.2, -0.15) is 0 Å². The first kappa shape index (κ1) is 8.35. The monoisotopic (exact) mass is 204 g/mol. The predicted octanol–water partition coefficient (Wildman–Crippen LogP) is 2.37. The standard InChI is InChI=1S/C16H12/c1-3-11-7-9-16-14-6-2-4-12(14)8-10-15(16)13(11)5-1/h1,3-4,6-10H,2,5H2. The van der Waals surface area contributed by atoms with E-state index in [1.807, 2.05) is 0 Å². The summed E-state index contributed by atoms with van der Waals surface area (Å²) >= 11 is 0. The first-order valence-corrected chi connectivity index (χ1v) is 5.85. The third-order valence-corrected chi connectivity index (χ3v) is 3.70. The summed E-state index contributed by atoms with van der Waals surface area (Å²) in [4.78, 5) is 0. The van der Waals surface area contributed by atoms with Crippen LogP contribution in [0.5, 0.6) is 0 Å². The van der Waals surface area contributed by atoms with E-state index in [1.54, 1.807) is 0 Å². The molecule has 2 aromatic rings. The van der Waals surface area contributed by atoms with Gasteiger partial charge in [-0.25, -0.2) is 0 Å². The highest BCUT2D eigenvalue weighted by Gasteiger charge is 2.10. The van der Waals surface area contributed by atoms with E-state index in [4.69, 9.17) is 0 Å². The minimum absolute atomic E-state index is 1.09. The Labute approximate surface area is 94.2 Å². The summed E-state index contributed by atoms with van der Waals surface area (Å²) in [7, 11) is 0. The predicted molar refractivity (Wildman–Crippen MR) is 69.5 cm³/mol. The Morgan fingerprint density at radius 3 is 2.81 bits per heavy atom. The molecular weight excluding hydrogens is 192 g/mol. The molecule has 0 nitrogen and oxygen atoms in total. The van der Waals surface area contributed by atoms with Gasteiger partial charge in [-0.05, 0) is 45.2 Å². The van der Waals surface area contributed by atoms with Gasteiger partial charge < -0.3 is 0 Å². The Kier molecular flexibility index (Phi) is 1.49. The molecule has 0 heterocycles. The fourth-order valence-corrected chi connectivity index (χ4v) is 2.92. The maximum Gasteiger partial charge on any atom is -0.00820 e. The van der Waals surface area contributed by atoms with Crippen molar-refractivity contribution in [3.8, 4) is 0 Å². The van der Waals surface area contributed by atoms with E-state index in [2.05, 4.69) is 48.6 Å². The summed E-state index contributed by atoms with van der Waals surface area (Å²) in [5.41, 5.74) is 2.90. The maximum atomic E-state index is 2.34. The van der Waals surface area contributed by atoms with Crippen molar-refractivity contribution >= 4 is 29.0 Å². The number of fused-ring (bicyclic) bond motifs is 5. The topological polar surface area (TPSA) is 0 Å². The average Bonchev–Trinajstić information content (AvgIpc) is 2.96. The molecule has 0 heteroatoms. The number of rotatable bonds is 0. The van der Waals surface area contributed by atoms with Gasteiger partial charge in [-0.1, -0.05) is 48.6 Å². The highest BCUT2D eigenvalue weighted by Crippen LogP contribution is 2.26. The normalized spacial score (nSPS) is 15.8. The molecule has 2 aliphatic carbocycles. The Morgan fingerprint density at radius 2 is 1.81 bits per heavy atom. The van der Waals surface area contributed by atoms with Crippen LogP contribution in [0.3, 0.4) is 0 Å². The molecule has 2 aromatic carbocycles. The molecule has 2 aliphatic rings. The van der Waals surface area contributed by atoms with E-state index in [-0.39, 0.29) is 0 Å². The van der Waals surface area contributed by atoms with Crippen LogP contribution in [0.15, 0.2) is 30.3 Å². The van der Waals surface area contributed by atoms with Gasteiger partial charge in [0.1, 0.15) is 0 Å². The number of hydrogen-bond acceptors (Lipinski definition) is 0. The van der Waals surface area contributed by atoms with Crippen LogP contribution in [-0.4, -0.2) is 0 Å². The molecule has 0 N–H and O–H groups in total. The van der Waals surface area contributed by atoms with E-state index in [9.17, 15) is 0 Å². The molecule has 0 unspecified atom stereocenters. The van der Waals surface area contributed by atoms with Gasteiger partial charge in [0.25, 0.3) is 0 Å². The third-order valence-electron chi connectivity index (χ3n) is 3.70. The zero-order valence-electron chi connectivity index (χ0n) is 9.03. The summed E-state index contributed by atoms with van der Waals surface area (Å²) in [5.74, 6) is 0. The van der Waals surface area contributed by atoms with E-state index < -0.39 is 0 Å². The van der Waals surface area contributed by atoms with Crippen molar-refractivity contribution in [3.05, 3.63) is 51.9 Å². The average molecular weight is 204 g/mol. The second-order valence-electron chi connectivity index (χ2n) is 4.55. The van der Waals surface area contributed by atoms with E-state index in [1.165, 1.54) is 32.3 Å². The lowest BCUT2D eigenvalue weighted by Gasteiger charge is -2.05. The largest absolute Gasteiger partial charge is 0.0795 e. The minimum Gasteiger partial charge on any atom is -0.0795 e. The first-order valence-electron chi connectivity index (χ1n) is 5.85. The molecule has 0 atom stereocenters. The molecule has 0 saturated heterocycles. The van der Waals surface area contributed by atoms with Crippen LogP contribution >= 0.6 is 0 Å². The molecule has 0 aliphatic heterocycles. The highest BCUT2D eigenvalue weighted by atomic mass is 14.1. The number of benzene rings is 2. The quantitative estimate of drug-likeness (QED) is 0.618. The van der Waals surface area contributed by atoms with Gasteiger partial charge in [0, 0.05) is 0 Å². The molecule has 16 heavy (non-hydrogen) atoms. The lowest BCUT2D eigenvalue weighted by Crippen LogP contribution is -2.21. The van der Waals surface area contributed by atoms with Crippen LogP contribution in [0.4, 0.5) is 0 Å². The van der Waals surface area contributed by atoms with Crippen LogP contribution in [0.25, 0.3) is 29.0 Å². The van der Waals surface area contributed by atoms with Crippen LogP contribution in [0.1, 0.15) is 17.5 Å². The summed E-state index contributed by atoms with van der Waals surface area (Å²) in [5, 5.41) is 5.70. The maximum absolute atomic E-state index is 2.34. The van der Waals surface area contributed by atoms with Gasteiger partial charge in [0.2, 0.25) is 0 Å². The highest BCUT2D eigenvalue weighted by molar-refractivity contribution is 5.91. The van der Waals surface area contributed by atoms with Crippen molar-refractivity contribution in [2.75, 3.05) is 0 Å². The lowest BCUT2D eigenvalue weighted by molar-refractivity contribution is 1.34. The van der Waals surface area contributed by atoms with Crippen LogP contribution < -0.4 is 10.4 Å². The van der Waals surface area contributed by atoms with Crippen LogP contribution in [0.2, 0.25) is 0 Å². The molecule has 0 bridgehead atoms. The van der Waals surface area contributed by atoms with E-state index >= 15 is 0 Å². The van der Waals surface area contributed by atoms with Gasteiger partial charge in [-0.3, -0.25) is 0 Å². The molecule has 0 radical (unpaired) electrons. The molecular formula is C16H12. The zero-order chi connectivity index (χ0) is 10.5. The van der Waals surface area contributed by atoms with Crippen LogP contribution in [-0.2, 0) is 6.42 Å².